The summed E-state index contributed by atoms with van der Waals surface area (Å²) in [7, 11) is 0. The Bertz CT molecular complexity index is 562. The SMILES string of the molecule is Nc1cc(CN2CCCC(F)(F)C2)cc(NC2CCC(O)CC2)n1. The minimum Gasteiger partial charge on any atom is -0.393 e. The molecule has 0 radical (unpaired) electrons. The van der Waals surface area contributed by atoms with Crippen LogP contribution in [0.3, 0.4) is 0 Å². The average Bonchev–Trinajstić information content (AvgIpc) is 2.48. The van der Waals surface area contributed by atoms with Crippen LogP contribution in [0.5, 0.6) is 0 Å². The first kappa shape index (κ1) is 17.4. The van der Waals surface area contributed by atoms with Gasteiger partial charge in [0, 0.05) is 19.0 Å². The highest BCUT2D eigenvalue weighted by Gasteiger charge is 2.35. The van der Waals surface area contributed by atoms with Gasteiger partial charge in [-0.25, -0.2) is 13.8 Å². The van der Waals surface area contributed by atoms with Gasteiger partial charge in [-0.15, -0.1) is 0 Å². The largest absolute Gasteiger partial charge is 0.393 e. The number of hydrogen-bond acceptors (Lipinski definition) is 5. The number of nitrogens with zero attached hydrogens (tertiary/aromatic N) is 2. The van der Waals surface area contributed by atoms with Gasteiger partial charge in [-0.3, -0.25) is 4.90 Å². The maximum absolute atomic E-state index is 13.5. The van der Waals surface area contributed by atoms with Crippen molar-refractivity contribution in [3.63, 3.8) is 0 Å². The van der Waals surface area contributed by atoms with Crippen molar-refractivity contribution in [1.29, 1.82) is 0 Å². The summed E-state index contributed by atoms with van der Waals surface area (Å²) in [6.45, 7) is 0.944. The quantitative estimate of drug-likeness (QED) is 0.786. The molecule has 0 unspecified atom stereocenters. The fourth-order valence-corrected chi connectivity index (χ4v) is 3.65. The monoisotopic (exact) mass is 340 g/mol. The first-order valence-electron chi connectivity index (χ1n) is 8.71. The summed E-state index contributed by atoms with van der Waals surface area (Å²) in [5, 5.41) is 12.9. The Labute approximate surface area is 141 Å². The Morgan fingerprint density at radius 3 is 2.75 bits per heavy atom. The van der Waals surface area contributed by atoms with Crippen molar-refractivity contribution in [2.75, 3.05) is 24.1 Å². The summed E-state index contributed by atoms with van der Waals surface area (Å²) >= 11 is 0. The first-order chi connectivity index (χ1) is 11.4. The molecule has 1 aromatic heterocycles. The lowest BCUT2D eigenvalue weighted by molar-refractivity contribution is -0.0660. The molecule has 0 bridgehead atoms. The standard InChI is InChI=1S/C17H26F2N4O/c18-17(19)6-1-7-23(11-17)10-12-8-15(20)22-16(9-12)21-13-2-4-14(24)5-3-13/h8-9,13-14,24H,1-7,10-11H2,(H3,20,21,22). The van der Waals surface area contributed by atoms with Gasteiger partial charge in [-0.05, 0) is 56.3 Å². The summed E-state index contributed by atoms with van der Waals surface area (Å²) in [4.78, 5) is 6.08. The molecule has 2 heterocycles. The molecule has 134 valence electrons. The number of likely N-dealkylation sites (tertiary alicyclic amines) is 1. The Morgan fingerprint density at radius 2 is 2.04 bits per heavy atom. The summed E-state index contributed by atoms with van der Waals surface area (Å²) < 4.78 is 27.1. The highest BCUT2D eigenvalue weighted by atomic mass is 19.3. The van der Waals surface area contributed by atoms with Crippen LogP contribution in [0.15, 0.2) is 12.1 Å². The molecule has 3 rings (SSSR count). The van der Waals surface area contributed by atoms with E-state index in [4.69, 9.17) is 5.73 Å². The number of hydrogen-bond donors (Lipinski definition) is 3. The number of pyridine rings is 1. The Morgan fingerprint density at radius 1 is 1.29 bits per heavy atom. The number of nitrogens with two attached hydrogens (primary N) is 1. The zero-order valence-electron chi connectivity index (χ0n) is 13.8. The van der Waals surface area contributed by atoms with Gasteiger partial charge in [0.25, 0.3) is 5.92 Å². The van der Waals surface area contributed by atoms with Gasteiger partial charge in [-0.1, -0.05) is 0 Å². The lowest BCUT2D eigenvalue weighted by Crippen LogP contribution is -2.42. The molecule has 0 atom stereocenters. The molecule has 0 amide bonds. The molecule has 1 saturated heterocycles. The number of rotatable bonds is 4. The third kappa shape index (κ3) is 4.77. The van der Waals surface area contributed by atoms with Crippen LogP contribution in [0.25, 0.3) is 0 Å². The smallest absolute Gasteiger partial charge is 0.260 e. The Kier molecular flexibility index (Phi) is 5.20. The number of nitrogens with one attached hydrogen (secondary N) is 1. The number of anilines is 2. The van der Waals surface area contributed by atoms with Crippen molar-refractivity contribution in [3.05, 3.63) is 17.7 Å². The number of alkyl halides is 2. The average molecular weight is 340 g/mol. The normalized spacial score (nSPS) is 27.8. The minimum atomic E-state index is -2.60. The van der Waals surface area contributed by atoms with Crippen LogP contribution in [-0.2, 0) is 6.54 Å². The van der Waals surface area contributed by atoms with Crippen LogP contribution in [-0.4, -0.2) is 46.1 Å². The van der Waals surface area contributed by atoms with E-state index in [1.54, 1.807) is 11.0 Å². The predicted octanol–water partition coefficient (Wildman–Crippen LogP) is 2.61. The molecule has 4 N–H and O–H groups in total. The summed E-state index contributed by atoms with van der Waals surface area (Å²) in [5.74, 6) is -1.51. The van der Waals surface area contributed by atoms with Crippen LogP contribution >= 0.6 is 0 Å². The lowest BCUT2D eigenvalue weighted by atomic mass is 9.93. The minimum absolute atomic E-state index is 0.0255. The molecular formula is C17H26F2N4O. The molecule has 2 aliphatic rings. The third-order valence-corrected chi connectivity index (χ3v) is 4.83. The molecule has 1 aromatic rings. The molecule has 1 aliphatic carbocycles. The third-order valence-electron chi connectivity index (χ3n) is 4.83. The summed E-state index contributed by atoms with van der Waals surface area (Å²) in [6.07, 6.45) is 3.65. The van der Waals surface area contributed by atoms with Crippen molar-refractivity contribution in [2.24, 2.45) is 0 Å². The highest BCUT2D eigenvalue weighted by molar-refractivity contribution is 5.47. The van der Waals surface area contributed by atoms with Crippen LogP contribution in [0.2, 0.25) is 0 Å². The number of aliphatic hydroxyl groups excluding tert-OH is 1. The molecule has 1 saturated carbocycles. The first-order valence-corrected chi connectivity index (χ1v) is 8.71. The van der Waals surface area contributed by atoms with Gasteiger partial charge >= 0.3 is 0 Å². The molecule has 5 nitrogen and oxygen atoms in total. The van der Waals surface area contributed by atoms with E-state index >= 15 is 0 Å². The van der Waals surface area contributed by atoms with E-state index in [1.165, 1.54) is 0 Å². The zero-order valence-corrected chi connectivity index (χ0v) is 13.8. The Balaban J connectivity index is 1.63. The van der Waals surface area contributed by atoms with Crippen molar-refractivity contribution >= 4 is 11.6 Å². The van der Waals surface area contributed by atoms with E-state index in [0.29, 0.717) is 31.1 Å². The summed E-state index contributed by atoms with van der Waals surface area (Å²) in [5.41, 5.74) is 6.79. The van der Waals surface area contributed by atoms with Crippen molar-refractivity contribution in [2.45, 2.75) is 63.1 Å². The highest BCUT2D eigenvalue weighted by Crippen LogP contribution is 2.28. The van der Waals surface area contributed by atoms with Crippen LogP contribution in [0.1, 0.15) is 44.1 Å². The van der Waals surface area contributed by atoms with Crippen LogP contribution < -0.4 is 11.1 Å². The second-order valence-corrected chi connectivity index (χ2v) is 7.11. The molecule has 2 fully saturated rings. The molecule has 0 spiro atoms. The Hall–Kier alpha value is -1.47. The van der Waals surface area contributed by atoms with Gasteiger partial charge in [0.1, 0.15) is 11.6 Å². The number of halogens is 2. The second-order valence-electron chi connectivity index (χ2n) is 7.11. The van der Waals surface area contributed by atoms with E-state index < -0.39 is 5.92 Å². The fourth-order valence-electron chi connectivity index (χ4n) is 3.65. The lowest BCUT2D eigenvalue weighted by Gasteiger charge is -2.32. The molecular weight excluding hydrogens is 314 g/mol. The topological polar surface area (TPSA) is 74.4 Å². The van der Waals surface area contributed by atoms with E-state index in [2.05, 4.69) is 10.3 Å². The van der Waals surface area contributed by atoms with Crippen molar-refractivity contribution < 1.29 is 13.9 Å². The van der Waals surface area contributed by atoms with Gasteiger partial charge in [0.2, 0.25) is 0 Å². The van der Waals surface area contributed by atoms with E-state index in [1.807, 2.05) is 6.07 Å². The van der Waals surface area contributed by atoms with Crippen LogP contribution in [0.4, 0.5) is 20.4 Å². The maximum atomic E-state index is 13.5. The number of aromatic nitrogens is 1. The zero-order chi connectivity index (χ0) is 17.2. The van der Waals surface area contributed by atoms with Crippen molar-refractivity contribution in [3.8, 4) is 0 Å². The maximum Gasteiger partial charge on any atom is 0.260 e. The molecule has 0 aromatic carbocycles. The van der Waals surface area contributed by atoms with E-state index in [-0.39, 0.29) is 25.1 Å². The van der Waals surface area contributed by atoms with Crippen molar-refractivity contribution in [1.82, 2.24) is 9.88 Å². The summed E-state index contributed by atoms with van der Waals surface area (Å²) in [6, 6.07) is 3.92. The number of nitrogen functional groups attached to an aromatic ring is 1. The fraction of sp³-hybridized carbons (Fsp3) is 0.706. The van der Waals surface area contributed by atoms with E-state index in [0.717, 1.165) is 31.2 Å². The van der Waals surface area contributed by atoms with Gasteiger partial charge in [0.15, 0.2) is 0 Å². The molecule has 1 aliphatic heterocycles. The number of aliphatic hydroxyl groups is 1. The van der Waals surface area contributed by atoms with Gasteiger partial charge in [-0.2, -0.15) is 0 Å². The second kappa shape index (κ2) is 7.19. The van der Waals surface area contributed by atoms with E-state index in [9.17, 15) is 13.9 Å². The van der Waals surface area contributed by atoms with Gasteiger partial charge < -0.3 is 16.2 Å². The molecule has 7 heteroatoms. The predicted molar refractivity (Wildman–Crippen MR) is 90.0 cm³/mol. The van der Waals surface area contributed by atoms with Gasteiger partial charge in [0.05, 0.1) is 12.6 Å². The number of piperidine rings is 1. The van der Waals surface area contributed by atoms with Crippen LogP contribution in [0, 0.1) is 0 Å². The molecule has 24 heavy (non-hydrogen) atoms.